The topological polar surface area (TPSA) is 79.3 Å². The summed E-state index contributed by atoms with van der Waals surface area (Å²) in [5.74, 6) is -0.609. The molecule has 0 aliphatic carbocycles. The molecular formula is C21H27N3O4. The van der Waals surface area contributed by atoms with Crippen molar-refractivity contribution in [1.29, 1.82) is 0 Å². The smallest absolute Gasteiger partial charge is 0.313 e. The summed E-state index contributed by atoms with van der Waals surface area (Å²) in [5, 5.41) is 5.75. The molecule has 7 nitrogen and oxygen atoms in total. The zero-order valence-electron chi connectivity index (χ0n) is 16.9. The van der Waals surface area contributed by atoms with Crippen molar-refractivity contribution in [3.05, 3.63) is 29.3 Å². The van der Waals surface area contributed by atoms with Crippen molar-refractivity contribution in [2.45, 2.75) is 47.0 Å². The molecular weight excluding hydrogens is 358 g/mol. The summed E-state index contributed by atoms with van der Waals surface area (Å²) in [6.45, 7) is 8.57. The number of hydrogen-bond donors (Lipinski definition) is 0. The molecule has 0 N–H and O–H groups in total. The number of ether oxygens (including phenoxy) is 1. The number of hydrazone groups is 1. The Balaban J connectivity index is 1.81. The van der Waals surface area contributed by atoms with Crippen LogP contribution in [0.4, 0.5) is 5.69 Å². The Hall–Kier alpha value is -2.70. The Bertz CT molecular complexity index is 848. The minimum absolute atomic E-state index is 0.122. The maximum Gasteiger partial charge on any atom is 0.313 e. The molecule has 0 spiro atoms. The summed E-state index contributed by atoms with van der Waals surface area (Å²) in [6.07, 6.45) is 1.11. The van der Waals surface area contributed by atoms with E-state index in [1.165, 1.54) is 5.01 Å². The lowest BCUT2D eigenvalue weighted by atomic mass is 9.90. The minimum Gasteiger partial charge on any atom is -0.466 e. The van der Waals surface area contributed by atoms with Gasteiger partial charge in [0.2, 0.25) is 5.91 Å². The van der Waals surface area contributed by atoms with E-state index in [0.717, 1.165) is 11.1 Å². The number of nitrogens with zero attached hydrogens (tertiary/aromatic N) is 3. The fourth-order valence-electron chi connectivity index (χ4n) is 3.63. The van der Waals surface area contributed by atoms with Crippen LogP contribution in [-0.4, -0.2) is 48.1 Å². The first-order valence-corrected chi connectivity index (χ1v) is 9.69. The van der Waals surface area contributed by atoms with Crippen LogP contribution in [0.5, 0.6) is 0 Å². The first-order chi connectivity index (χ1) is 13.2. The van der Waals surface area contributed by atoms with Gasteiger partial charge in [-0.3, -0.25) is 14.4 Å². The van der Waals surface area contributed by atoms with Crippen LogP contribution in [0.3, 0.4) is 0 Å². The molecule has 0 aromatic heterocycles. The summed E-state index contributed by atoms with van der Waals surface area (Å²) >= 11 is 0. The number of hydrogen-bond acceptors (Lipinski definition) is 5. The van der Waals surface area contributed by atoms with E-state index in [1.807, 2.05) is 39.0 Å². The first-order valence-electron chi connectivity index (χ1n) is 9.69. The molecule has 0 unspecified atom stereocenters. The quantitative estimate of drug-likeness (QED) is 0.746. The van der Waals surface area contributed by atoms with Gasteiger partial charge in [-0.2, -0.15) is 5.10 Å². The maximum absolute atomic E-state index is 13.0. The molecule has 0 bridgehead atoms. The standard InChI is InChI=1S/C21H27N3O4/c1-5-28-20(27)21(4)10-11-23(13-21)19(26)16-8-9-18(25)24(22-16)17-12-14(2)6-7-15(17)3/h6-7,12H,5,8-11,13H2,1-4H3/t21-/m0/s1. The number of esters is 1. The average molecular weight is 385 g/mol. The molecule has 7 heteroatoms. The van der Waals surface area contributed by atoms with Gasteiger partial charge in [0.15, 0.2) is 0 Å². The van der Waals surface area contributed by atoms with Crippen LogP contribution >= 0.6 is 0 Å². The second-order valence-corrected chi connectivity index (χ2v) is 7.80. The predicted octanol–water partition coefficient (Wildman–Crippen LogP) is 2.59. The highest BCUT2D eigenvalue weighted by atomic mass is 16.5. The Kier molecular flexibility index (Phi) is 5.54. The van der Waals surface area contributed by atoms with E-state index in [0.29, 0.717) is 43.9 Å². The fourth-order valence-corrected chi connectivity index (χ4v) is 3.63. The normalized spacial score (nSPS) is 22.3. The zero-order chi connectivity index (χ0) is 20.5. The Morgan fingerprint density at radius 2 is 2.00 bits per heavy atom. The molecule has 1 atom stereocenters. The number of benzene rings is 1. The van der Waals surface area contributed by atoms with Crippen molar-refractivity contribution < 1.29 is 19.1 Å². The highest BCUT2D eigenvalue weighted by molar-refractivity contribution is 6.40. The van der Waals surface area contributed by atoms with Crippen LogP contribution in [0.2, 0.25) is 0 Å². The lowest BCUT2D eigenvalue weighted by molar-refractivity contribution is -0.153. The summed E-state index contributed by atoms with van der Waals surface area (Å²) in [7, 11) is 0. The highest BCUT2D eigenvalue weighted by Gasteiger charge is 2.44. The Labute approximate surface area is 165 Å². The summed E-state index contributed by atoms with van der Waals surface area (Å²) in [5.41, 5.74) is 2.31. The summed E-state index contributed by atoms with van der Waals surface area (Å²) in [6, 6.07) is 5.82. The van der Waals surface area contributed by atoms with Crippen molar-refractivity contribution in [2.24, 2.45) is 10.5 Å². The molecule has 28 heavy (non-hydrogen) atoms. The minimum atomic E-state index is -0.691. The molecule has 1 saturated heterocycles. The third kappa shape index (κ3) is 3.79. The average Bonchev–Trinajstić information content (AvgIpc) is 3.07. The monoisotopic (exact) mass is 385 g/mol. The molecule has 1 aromatic carbocycles. The molecule has 2 aliphatic rings. The van der Waals surface area contributed by atoms with Gasteiger partial charge < -0.3 is 9.64 Å². The molecule has 1 fully saturated rings. The highest BCUT2D eigenvalue weighted by Crippen LogP contribution is 2.32. The van der Waals surface area contributed by atoms with E-state index >= 15 is 0 Å². The molecule has 2 heterocycles. The summed E-state index contributed by atoms with van der Waals surface area (Å²) < 4.78 is 5.16. The second kappa shape index (κ2) is 7.73. The second-order valence-electron chi connectivity index (χ2n) is 7.80. The van der Waals surface area contributed by atoms with Crippen LogP contribution in [0.1, 0.15) is 44.2 Å². The largest absolute Gasteiger partial charge is 0.466 e. The van der Waals surface area contributed by atoms with E-state index in [-0.39, 0.29) is 24.2 Å². The van der Waals surface area contributed by atoms with Crippen LogP contribution in [-0.2, 0) is 19.1 Å². The number of rotatable bonds is 4. The third-order valence-electron chi connectivity index (χ3n) is 5.40. The van der Waals surface area contributed by atoms with Crippen LogP contribution in [0, 0.1) is 19.3 Å². The van der Waals surface area contributed by atoms with E-state index in [2.05, 4.69) is 5.10 Å². The number of likely N-dealkylation sites (tertiary alicyclic amines) is 1. The first kappa shape index (κ1) is 20.0. The number of carbonyl (C=O) groups excluding carboxylic acids is 3. The molecule has 2 aliphatic heterocycles. The van der Waals surface area contributed by atoms with Crippen molar-refractivity contribution in [1.82, 2.24) is 4.90 Å². The van der Waals surface area contributed by atoms with Crippen LogP contribution in [0.15, 0.2) is 23.3 Å². The number of carbonyl (C=O) groups is 3. The van der Waals surface area contributed by atoms with Gasteiger partial charge in [0.25, 0.3) is 5.91 Å². The molecule has 150 valence electrons. The third-order valence-corrected chi connectivity index (χ3v) is 5.40. The lowest BCUT2D eigenvalue weighted by Gasteiger charge is -2.27. The summed E-state index contributed by atoms with van der Waals surface area (Å²) in [4.78, 5) is 39.3. The van der Waals surface area contributed by atoms with Crippen LogP contribution < -0.4 is 5.01 Å². The van der Waals surface area contributed by atoms with Gasteiger partial charge in [-0.25, -0.2) is 5.01 Å². The Morgan fingerprint density at radius 1 is 1.25 bits per heavy atom. The van der Waals surface area contributed by atoms with Gasteiger partial charge in [-0.05, 0) is 51.3 Å². The van der Waals surface area contributed by atoms with E-state index in [9.17, 15) is 14.4 Å². The molecule has 3 rings (SSSR count). The molecule has 1 aromatic rings. The zero-order valence-corrected chi connectivity index (χ0v) is 16.9. The van der Waals surface area contributed by atoms with E-state index in [1.54, 1.807) is 11.8 Å². The Morgan fingerprint density at radius 3 is 2.71 bits per heavy atom. The number of amides is 2. The van der Waals surface area contributed by atoms with Gasteiger partial charge in [-0.15, -0.1) is 0 Å². The van der Waals surface area contributed by atoms with Crippen LogP contribution in [0.25, 0.3) is 0 Å². The van der Waals surface area contributed by atoms with Gasteiger partial charge in [0, 0.05) is 25.9 Å². The van der Waals surface area contributed by atoms with Gasteiger partial charge in [0.05, 0.1) is 17.7 Å². The molecule has 0 saturated carbocycles. The maximum atomic E-state index is 13.0. The van der Waals surface area contributed by atoms with E-state index in [4.69, 9.17) is 4.74 Å². The lowest BCUT2D eigenvalue weighted by Crippen LogP contribution is -2.42. The van der Waals surface area contributed by atoms with E-state index < -0.39 is 5.41 Å². The number of anilines is 1. The predicted molar refractivity (Wildman–Crippen MR) is 106 cm³/mol. The van der Waals surface area contributed by atoms with Crippen molar-refractivity contribution >= 4 is 29.2 Å². The van der Waals surface area contributed by atoms with Crippen molar-refractivity contribution in [3.63, 3.8) is 0 Å². The van der Waals surface area contributed by atoms with Crippen molar-refractivity contribution in [3.8, 4) is 0 Å². The SMILES string of the molecule is CCOC(=O)[C@@]1(C)CCN(C(=O)C2=NN(c3cc(C)ccc3C)C(=O)CC2)C1. The number of aryl methyl sites for hydroxylation is 2. The van der Waals surface area contributed by atoms with Gasteiger partial charge in [0.1, 0.15) is 5.71 Å². The van der Waals surface area contributed by atoms with Gasteiger partial charge in [-0.1, -0.05) is 12.1 Å². The van der Waals surface area contributed by atoms with Crippen molar-refractivity contribution in [2.75, 3.05) is 24.7 Å². The molecule has 0 radical (unpaired) electrons. The molecule has 2 amide bonds. The van der Waals surface area contributed by atoms with Gasteiger partial charge >= 0.3 is 5.97 Å². The fraction of sp³-hybridized carbons (Fsp3) is 0.524.